The summed E-state index contributed by atoms with van der Waals surface area (Å²) in [5.41, 5.74) is 0.125. The molecule has 1 saturated carbocycles. The van der Waals surface area contributed by atoms with E-state index in [2.05, 4.69) is 36.2 Å². The standard InChI is InChI=1S/C15H26F2N4/c1-12-5-4-6-15(9-12,20(2)3)11-18-10-13-19-7-8-21(13)14(16)17/h7-8,12,14,18H,4-6,9-11H2,1-3H3. The van der Waals surface area contributed by atoms with E-state index in [1.54, 1.807) is 0 Å². The third-order valence-corrected chi connectivity index (χ3v) is 4.71. The molecule has 0 radical (unpaired) electrons. The number of hydrogen-bond donors (Lipinski definition) is 1. The van der Waals surface area contributed by atoms with Crippen LogP contribution in [0.1, 0.15) is 45.0 Å². The van der Waals surface area contributed by atoms with Crippen LogP contribution in [0.5, 0.6) is 0 Å². The van der Waals surface area contributed by atoms with Crippen molar-refractivity contribution < 1.29 is 8.78 Å². The average Bonchev–Trinajstić information content (AvgIpc) is 2.87. The van der Waals surface area contributed by atoms with E-state index in [-0.39, 0.29) is 5.54 Å². The second-order valence-electron chi connectivity index (χ2n) is 6.45. The van der Waals surface area contributed by atoms with E-state index in [0.29, 0.717) is 18.3 Å². The molecule has 0 aromatic carbocycles. The van der Waals surface area contributed by atoms with Gasteiger partial charge in [0.1, 0.15) is 5.82 Å². The molecule has 2 unspecified atom stereocenters. The third kappa shape index (κ3) is 3.80. The fourth-order valence-corrected chi connectivity index (χ4v) is 3.42. The lowest BCUT2D eigenvalue weighted by molar-refractivity contribution is 0.0636. The number of likely N-dealkylation sites (N-methyl/N-ethyl adjacent to an activating group) is 1. The van der Waals surface area contributed by atoms with Crippen LogP contribution in [0.15, 0.2) is 12.4 Å². The second-order valence-corrected chi connectivity index (χ2v) is 6.45. The van der Waals surface area contributed by atoms with E-state index < -0.39 is 6.55 Å². The molecule has 2 rings (SSSR count). The van der Waals surface area contributed by atoms with Crippen molar-refractivity contribution in [1.29, 1.82) is 0 Å². The first-order valence-electron chi connectivity index (χ1n) is 7.62. The Kier molecular flexibility index (Phi) is 5.32. The highest BCUT2D eigenvalue weighted by atomic mass is 19.3. The summed E-state index contributed by atoms with van der Waals surface area (Å²) >= 11 is 0. The van der Waals surface area contributed by atoms with Crippen LogP contribution >= 0.6 is 0 Å². The van der Waals surface area contributed by atoms with Gasteiger partial charge in [0.25, 0.3) is 0 Å². The lowest BCUT2D eigenvalue weighted by Crippen LogP contribution is -2.54. The van der Waals surface area contributed by atoms with E-state index in [1.807, 2.05) is 0 Å². The summed E-state index contributed by atoms with van der Waals surface area (Å²) in [6, 6.07) is 0. The molecule has 1 fully saturated rings. The Balaban J connectivity index is 1.95. The zero-order chi connectivity index (χ0) is 15.5. The molecule has 6 heteroatoms. The van der Waals surface area contributed by atoms with Gasteiger partial charge in [-0.3, -0.25) is 4.57 Å². The van der Waals surface area contributed by atoms with E-state index in [4.69, 9.17) is 0 Å². The lowest BCUT2D eigenvalue weighted by Gasteiger charge is -2.45. The number of hydrogen-bond acceptors (Lipinski definition) is 3. The lowest BCUT2D eigenvalue weighted by atomic mass is 9.75. The summed E-state index contributed by atoms with van der Waals surface area (Å²) in [7, 11) is 4.22. The minimum Gasteiger partial charge on any atom is -0.308 e. The Bertz CT molecular complexity index is 447. The largest absolute Gasteiger partial charge is 0.319 e. The van der Waals surface area contributed by atoms with Crippen molar-refractivity contribution in [1.82, 2.24) is 19.8 Å². The summed E-state index contributed by atoms with van der Waals surface area (Å²) in [5.74, 6) is 1.11. The van der Waals surface area contributed by atoms with Crippen LogP contribution in [0.25, 0.3) is 0 Å². The molecule has 2 atom stereocenters. The number of aromatic nitrogens is 2. The molecule has 1 aromatic rings. The van der Waals surface area contributed by atoms with Gasteiger partial charge >= 0.3 is 6.55 Å². The van der Waals surface area contributed by atoms with Crippen LogP contribution < -0.4 is 5.32 Å². The maximum Gasteiger partial charge on any atom is 0.319 e. The highest BCUT2D eigenvalue weighted by Gasteiger charge is 2.36. The van der Waals surface area contributed by atoms with E-state index in [1.165, 1.54) is 25.2 Å². The maximum atomic E-state index is 12.8. The van der Waals surface area contributed by atoms with Gasteiger partial charge in [-0.05, 0) is 32.9 Å². The molecule has 1 aliphatic rings. The number of alkyl halides is 2. The van der Waals surface area contributed by atoms with Crippen molar-refractivity contribution in [3.05, 3.63) is 18.2 Å². The minimum atomic E-state index is -2.53. The van der Waals surface area contributed by atoms with Crippen molar-refractivity contribution in [2.24, 2.45) is 5.92 Å². The van der Waals surface area contributed by atoms with Gasteiger partial charge < -0.3 is 10.2 Å². The molecule has 1 aliphatic carbocycles. The molecule has 1 heterocycles. The summed E-state index contributed by atoms with van der Waals surface area (Å²) in [4.78, 5) is 6.30. The van der Waals surface area contributed by atoms with E-state index in [9.17, 15) is 8.78 Å². The molecule has 0 aliphatic heterocycles. The van der Waals surface area contributed by atoms with Crippen molar-refractivity contribution >= 4 is 0 Å². The molecule has 0 saturated heterocycles. The van der Waals surface area contributed by atoms with Gasteiger partial charge in [-0.15, -0.1) is 0 Å². The van der Waals surface area contributed by atoms with Crippen molar-refractivity contribution in [2.45, 2.75) is 51.2 Å². The summed E-state index contributed by atoms with van der Waals surface area (Å²) in [6.45, 7) is 0.949. The minimum absolute atomic E-state index is 0.125. The Morgan fingerprint density at radius 2 is 2.29 bits per heavy atom. The first-order valence-corrected chi connectivity index (χ1v) is 7.62. The number of nitrogens with zero attached hydrogens (tertiary/aromatic N) is 3. The van der Waals surface area contributed by atoms with Crippen molar-refractivity contribution in [3.8, 4) is 0 Å². The van der Waals surface area contributed by atoms with Crippen molar-refractivity contribution in [3.63, 3.8) is 0 Å². The normalized spacial score (nSPS) is 26.7. The molecule has 1 aromatic heterocycles. The predicted octanol–water partition coefficient (Wildman–Crippen LogP) is 2.88. The smallest absolute Gasteiger partial charge is 0.308 e. The number of nitrogens with one attached hydrogen (secondary N) is 1. The van der Waals surface area contributed by atoms with Crippen LogP contribution in [-0.2, 0) is 6.54 Å². The molecule has 0 spiro atoms. The highest BCUT2D eigenvalue weighted by Crippen LogP contribution is 2.35. The first kappa shape index (κ1) is 16.4. The van der Waals surface area contributed by atoms with Gasteiger partial charge in [0.2, 0.25) is 0 Å². The Morgan fingerprint density at radius 3 is 2.90 bits per heavy atom. The zero-order valence-corrected chi connectivity index (χ0v) is 13.1. The second kappa shape index (κ2) is 6.83. The summed E-state index contributed by atoms with van der Waals surface area (Å²) in [6.07, 6.45) is 7.56. The van der Waals surface area contributed by atoms with Gasteiger partial charge in [0.15, 0.2) is 0 Å². The fraction of sp³-hybridized carbons (Fsp3) is 0.800. The van der Waals surface area contributed by atoms with Crippen LogP contribution in [0.3, 0.4) is 0 Å². The molecular formula is C15H26F2N4. The van der Waals surface area contributed by atoms with E-state index in [0.717, 1.165) is 24.0 Å². The molecular weight excluding hydrogens is 274 g/mol. The molecule has 120 valence electrons. The number of halogens is 2. The quantitative estimate of drug-likeness (QED) is 0.877. The maximum absolute atomic E-state index is 12.8. The monoisotopic (exact) mass is 300 g/mol. The van der Waals surface area contributed by atoms with Gasteiger partial charge in [0.05, 0.1) is 6.54 Å². The SMILES string of the molecule is CC1CCCC(CNCc2nccn2C(F)F)(N(C)C)C1. The van der Waals surface area contributed by atoms with Crippen molar-refractivity contribution in [2.75, 3.05) is 20.6 Å². The van der Waals surface area contributed by atoms with Gasteiger partial charge in [-0.25, -0.2) is 4.98 Å². The van der Waals surface area contributed by atoms with Gasteiger partial charge in [-0.2, -0.15) is 8.78 Å². The fourth-order valence-electron chi connectivity index (χ4n) is 3.42. The third-order valence-electron chi connectivity index (χ3n) is 4.71. The van der Waals surface area contributed by atoms with E-state index >= 15 is 0 Å². The zero-order valence-electron chi connectivity index (χ0n) is 13.1. The number of imidazole rings is 1. The van der Waals surface area contributed by atoms with Crippen LogP contribution in [0.4, 0.5) is 8.78 Å². The van der Waals surface area contributed by atoms with Crippen LogP contribution in [0.2, 0.25) is 0 Å². The predicted molar refractivity (Wildman–Crippen MR) is 79.2 cm³/mol. The highest BCUT2D eigenvalue weighted by molar-refractivity contribution is 4.97. The van der Waals surface area contributed by atoms with Gasteiger partial charge in [-0.1, -0.05) is 19.8 Å². The Labute approximate surface area is 125 Å². The topological polar surface area (TPSA) is 33.1 Å². The molecule has 0 bridgehead atoms. The average molecular weight is 300 g/mol. The number of rotatable bonds is 6. The van der Waals surface area contributed by atoms with Crippen LogP contribution in [-0.4, -0.2) is 40.6 Å². The molecule has 21 heavy (non-hydrogen) atoms. The molecule has 1 N–H and O–H groups in total. The first-order chi connectivity index (χ1) is 9.94. The van der Waals surface area contributed by atoms with Gasteiger partial charge in [0, 0.05) is 24.5 Å². The summed E-state index contributed by atoms with van der Waals surface area (Å²) < 4.78 is 26.5. The Morgan fingerprint density at radius 1 is 1.52 bits per heavy atom. The molecule has 0 amide bonds. The molecule has 4 nitrogen and oxygen atoms in total. The van der Waals surface area contributed by atoms with Crippen LogP contribution in [0, 0.1) is 5.92 Å². The summed E-state index contributed by atoms with van der Waals surface area (Å²) in [5, 5.41) is 3.34. The Hall–Kier alpha value is -1.01.